The first-order valence-electron chi connectivity index (χ1n) is 15.8. The number of nitrogens with zero attached hydrogens (tertiary/aromatic N) is 1. The summed E-state index contributed by atoms with van der Waals surface area (Å²) in [7, 11) is 0. The molecule has 0 aliphatic heterocycles. The molecule has 5 nitrogen and oxygen atoms in total. The van der Waals surface area contributed by atoms with E-state index >= 15 is 0 Å². The van der Waals surface area contributed by atoms with Gasteiger partial charge in [-0.05, 0) is 73.7 Å². The van der Waals surface area contributed by atoms with Crippen LogP contribution in [0.5, 0.6) is 0 Å². The van der Waals surface area contributed by atoms with Gasteiger partial charge in [-0.1, -0.05) is 103 Å². The van der Waals surface area contributed by atoms with Crippen molar-refractivity contribution >= 4 is 22.7 Å². The third-order valence-corrected chi connectivity index (χ3v) is 8.69. The molecule has 0 atom stereocenters. The molecular weight excluding hydrogens is 486 g/mol. The second kappa shape index (κ2) is 17.3. The van der Waals surface area contributed by atoms with Crippen molar-refractivity contribution in [1.29, 1.82) is 0 Å². The molecule has 0 spiro atoms. The van der Waals surface area contributed by atoms with Crippen molar-refractivity contribution in [2.75, 3.05) is 6.54 Å². The summed E-state index contributed by atoms with van der Waals surface area (Å²) < 4.78 is 0. The Balaban J connectivity index is 0.000000230. The number of hydrogen-bond acceptors (Lipinski definition) is 3. The summed E-state index contributed by atoms with van der Waals surface area (Å²) in [5.74, 6) is -1.99. The maximum atomic E-state index is 10.7. The van der Waals surface area contributed by atoms with E-state index in [0.717, 1.165) is 12.1 Å². The Labute approximate surface area is 236 Å². The average Bonchev–Trinajstić information content (AvgIpc) is 2.97. The minimum atomic E-state index is -0.996. The van der Waals surface area contributed by atoms with Gasteiger partial charge in [-0.2, -0.15) is 0 Å². The summed E-state index contributed by atoms with van der Waals surface area (Å²) in [6.07, 6.45) is 26.6. The molecule has 4 rings (SSSR count). The number of carboxylic acid groups (broad SMARTS) is 2. The highest BCUT2D eigenvalue weighted by atomic mass is 16.4. The fraction of sp³-hybridized carbons (Fsp3) is 0.647. The standard InChI is InChI=1S/C22H43N.C12H8O4/c1-2-3-4-5-6-7-8-15-20-23(21-16-11-9-12-17-21)22-18-13-10-14-19-22;13-11(14)9-3-1-7-5-10(12(15)16)4-2-8(7)6-9/h21-22H,2-20H2,1H3;1-6H,(H,13,14)(H,15,16). The third-order valence-electron chi connectivity index (χ3n) is 8.69. The molecular formula is C34H51NO4. The van der Waals surface area contributed by atoms with Crippen LogP contribution >= 0.6 is 0 Å². The van der Waals surface area contributed by atoms with E-state index < -0.39 is 11.9 Å². The highest BCUT2D eigenvalue weighted by Gasteiger charge is 2.28. The van der Waals surface area contributed by atoms with E-state index in [2.05, 4.69) is 11.8 Å². The zero-order valence-electron chi connectivity index (χ0n) is 24.2. The largest absolute Gasteiger partial charge is 0.478 e. The third kappa shape index (κ3) is 10.6. The van der Waals surface area contributed by atoms with E-state index in [1.807, 2.05) is 0 Å². The molecule has 2 saturated carbocycles. The van der Waals surface area contributed by atoms with E-state index in [4.69, 9.17) is 10.2 Å². The smallest absolute Gasteiger partial charge is 0.335 e. The van der Waals surface area contributed by atoms with Crippen molar-refractivity contribution in [3.8, 4) is 0 Å². The van der Waals surface area contributed by atoms with E-state index in [0.29, 0.717) is 10.8 Å². The molecule has 2 aromatic rings. The first kappa shape index (κ1) is 31.1. The van der Waals surface area contributed by atoms with Gasteiger partial charge in [0.05, 0.1) is 11.1 Å². The molecule has 2 aromatic carbocycles. The minimum Gasteiger partial charge on any atom is -0.478 e. The molecule has 0 aromatic heterocycles. The number of aromatic carboxylic acids is 2. The Kier molecular flexibility index (Phi) is 13.8. The highest BCUT2D eigenvalue weighted by molar-refractivity contribution is 5.97. The molecule has 5 heteroatoms. The number of carbonyl (C=O) groups is 2. The minimum absolute atomic E-state index is 0.190. The Hall–Kier alpha value is -2.40. The lowest BCUT2D eigenvalue weighted by Gasteiger charge is -2.41. The fourth-order valence-corrected chi connectivity index (χ4v) is 6.43. The Morgan fingerprint density at radius 1 is 0.641 bits per heavy atom. The van der Waals surface area contributed by atoms with Crippen LogP contribution in [0.4, 0.5) is 0 Å². The normalized spacial score (nSPS) is 16.7. The molecule has 2 aliphatic rings. The van der Waals surface area contributed by atoms with Gasteiger partial charge >= 0.3 is 11.9 Å². The zero-order chi connectivity index (χ0) is 27.9. The van der Waals surface area contributed by atoms with Gasteiger partial charge in [0.2, 0.25) is 0 Å². The quantitative estimate of drug-likeness (QED) is 0.249. The van der Waals surface area contributed by atoms with E-state index in [9.17, 15) is 9.59 Å². The van der Waals surface area contributed by atoms with Crippen molar-refractivity contribution in [2.24, 2.45) is 0 Å². The molecule has 0 saturated heterocycles. The molecule has 39 heavy (non-hydrogen) atoms. The SMILES string of the molecule is CCCCCCCCCCN(C1CCCCC1)C1CCCCC1.O=C(O)c1ccc2cc(C(=O)O)ccc2c1. The van der Waals surface area contributed by atoms with Crippen LogP contribution in [0.2, 0.25) is 0 Å². The van der Waals surface area contributed by atoms with Gasteiger partial charge in [0.25, 0.3) is 0 Å². The summed E-state index contributed by atoms with van der Waals surface area (Å²) in [5, 5.41) is 19.0. The van der Waals surface area contributed by atoms with Crippen molar-refractivity contribution in [1.82, 2.24) is 4.90 Å². The van der Waals surface area contributed by atoms with Gasteiger partial charge in [0.15, 0.2) is 0 Å². The summed E-state index contributed by atoms with van der Waals surface area (Å²) in [6, 6.07) is 11.0. The summed E-state index contributed by atoms with van der Waals surface area (Å²) in [5.41, 5.74) is 0.381. The lowest BCUT2D eigenvalue weighted by atomic mass is 9.88. The Morgan fingerprint density at radius 2 is 1.05 bits per heavy atom. The monoisotopic (exact) mass is 537 g/mol. The molecule has 0 heterocycles. The van der Waals surface area contributed by atoms with Crippen LogP contribution in [-0.2, 0) is 0 Å². The van der Waals surface area contributed by atoms with E-state index in [1.54, 1.807) is 12.1 Å². The lowest BCUT2D eigenvalue weighted by molar-refractivity contribution is 0.0686. The first-order chi connectivity index (χ1) is 19.0. The second-order valence-corrected chi connectivity index (χ2v) is 11.7. The van der Waals surface area contributed by atoms with Crippen molar-refractivity contribution in [3.05, 3.63) is 47.5 Å². The topological polar surface area (TPSA) is 77.8 Å². The predicted molar refractivity (Wildman–Crippen MR) is 161 cm³/mol. The molecule has 0 amide bonds. The maximum Gasteiger partial charge on any atom is 0.335 e. The summed E-state index contributed by atoms with van der Waals surface area (Å²) in [4.78, 5) is 24.4. The number of fused-ring (bicyclic) bond motifs is 1. The first-order valence-corrected chi connectivity index (χ1v) is 15.8. The van der Waals surface area contributed by atoms with Crippen LogP contribution in [0, 0.1) is 0 Å². The van der Waals surface area contributed by atoms with Gasteiger partial charge < -0.3 is 10.2 Å². The van der Waals surface area contributed by atoms with Gasteiger partial charge in [-0.3, -0.25) is 4.90 Å². The maximum absolute atomic E-state index is 10.7. The molecule has 216 valence electrons. The van der Waals surface area contributed by atoms with Crippen LogP contribution in [0.1, 0.15) is 143 Å². The number of hydrogen-bond donors (Lipinski definition) is 2. The number of benzene rings is 2. The fourth-order valence-electron chi connectivity index (χ4n) is 6.43. The lowest BCUT2D eigenvalue weighted by Crippen LogP contribution is -2.45. The molecule has 2 N–H and O–H groups in total. The predicted octanol–water partition coefficient (Wildman–Crippen LogP) is 9.33. The van der Waals surface area contributed by atoms with Crippen LogP contribution < -0.4 is 0 Å². The van der Waals surface area contributed by atoms with Crippen molar-refractivity contribution in [2.45, 2.75) is 135 Å². The molecule has 0 unspecified atom stereocenters. The van der Waals surface area contributed by atoms with Crippen molar-refractivity contribution in [3.63, 3.8) is 0 Å². The van der Waals surface area contributed by atoms with Crippen LogP contribution in [0.25, 0.3) is 10.8 Å². The van der Waals surface area contributed by atoms with Gasteiger partial charge in [0.1, 0.15) is 0 Å². The molecule has 2 aliphatic carbocycles. The molecule has 0 radical (unpaired) electrons. The van der Waals surface area contributed by atoms with E-state index in [1.165, 1.54) is 146 Å². The summed E-state index contributed by atoms with van der Waals surface area (Å²) in [6.45, 7) is 3.72. The molecule has 2 fully saturated rings. The Morgan fingerprint density at radius 3 is 1.46 bits per heavy atom. The van der Waals surface area contributed by atoms with Crippen LogP contribution in [0.15, 0.2) is 36.4 Å². The summed E-state index contributed by atoms with van der Waals surface area (Å²) >= 11 is 0. The van der Waals surface area contributed by atoms with Crippen LogP contribution in [0.3, 0.4) is 0 Å². The number of carboxylic acids is 2. The molecule has 0 bridgehead atoms. The average molecular weight is 538 g/mol. The van der Waals surface area contributed by atoms with E-state index in [-0.39, 0.29) is 11.1 Å². The van der Waals surface area contributed by atoms with Gasteiger partial charge in [-0.15, -0.1) is 0 Å². The second-order valence-electron chi connectivity index (χ2n) is 11.7. The highest BCUT2D eigenvalue weighted by Crippen LogP contribution is 2.30. The Bertz CT molecular complexity index is 936. The zero-order valence-corrected chi connectivity index (χ0v) is 24.2. The number of rotatable bonds is 13. The van der Waals surface area contributed by atoms with Gasteiger partial charge in [0, 0.05) is 12.1 Å². The van der Waals surface area contributed by atoms with Crippen molar-refractivity contribution < 1.29 is 19.8 Å². The number of unbranched alkanes of at least 4 members (excludes halogenated alkanes) is 7. The van der Waals surface area contributed by atoms with Gasteiger partial charge in [-0.25, -0.2) is 9.59 Å². The van der Waals surface area contributed by atoms with Crippen LogP contribution in [-0.4, -0.2) is 45.7 Å².